The number of carbonyl (C=O) groups is 2. The van der Waals surface area contributed by atoms with Gasteiger partial charge in [0.05, 0.1) is 11.1 Å². The number of ether oxygens (including phenoxy) is 3. The first-order chi connectivity index (χ1) is 15.4. The van der Waals surface area contributed by atoms with Gasteiger partial charge >= 0.3 is 11.9 Å². The molecule has 2 rings (SSSR count). The van der Waals surface area contributed by atoms with E-state index in [1.165, 1.54) is 13.2 Å². The fourth-order valence-electron chi connectivity index (χ4n) is 3.89. The second-order valence-corrected chi connectivity index (χ2v) is 8.05. The van der Waals surface area contributed by atoms with Crippen molar-refractivity contribution in [2.45, 2.75) is 60.8 Å². The van der Waals surface area contributed by atoms with Crippen LogP contribution >= 0.6 is 0 Å². The quantitative estimate of drug-likeness (QED) is 0.319. The molecule has 0 aliphatic rings. The Morgan fingerprint density at radius 1 is 0.909 bits per heavy atom. The molecule has 0 saturated heterocycles. The first-order valence-corrected chi connectivity index (χ1v) is 10.5. The Labute approximate surface area is 192 Å². The van der Waals surface area contributed by atoms with Gasteiger partial charge in [-0.05, 0) is 93.0 Å². The van der Waals surface area contributed by atoms with Crippen LogP contribution in [0.4, 0.5) is 8.78 Å². The molecule has 0 bridgehead atoms. The fourth-order valence-corrected chi connectivity index (χ4v) is 3.89. The van der Waals surface area contributed by atoms with Crippen LogP contribution < -0.4 is 4.74 Å². The van der Waals surface area contributed by atoms with Gasteiger partial charge in [0, 0.05) is 13.5 Å². The lowest BCUT2D eigenvalue weighted by Crippen LogP contribution is -2.19. The number of alkyl halides is 2. The monoisotopic (exact) mass is 464 g/mol. The third-order valence-electron chi connectivity index (χ3n) is 5.97. The maximum Gasteiger partial charge on any atom is 0.344 e. The van der Waals surface area contributed by atoms with Gasteiger partial charge in [-0.2, -0.15) is 0 Å². The van der Waals surface area contributed by atoms with Crippen LogP contribution in [0.2, 0.25) is 0 Å². The SMILES string of the molecule is COCOC(=O)c1c(C)c(C)c(OC(=O)c2c(C)cc(O)c(C)c2C)c(C)c1CCC(F)F. The van der Waals surface area contributed by atoms with E-state index in [1.807, 2.05) is 0 Å². The smallest absolute Gasteiger partial charge is 0.344 e. The topological polar surface area (TPSA) is 82.1 Å². The first kappa shape index (κ1) is 26.3. The molecule has 0 radical (unpaired) electrons. The zero-order valence-electron chi connectivity index (χ0n) is 20.0. The second-order valence-electron chi connectivity index (χ2n) is 8.05. The van der Waals surface area contributed by atoms with Gasteiger partial charge in [0.15, 0.2) is 6.79 Å². The van der Waals surface area contributed by atoms with Gasteiger partial charge in [-0.3, -0.25) is 0 Å². The predicted molar refractivity (Wildman–Crippen MR) is 120 cm³/mol. The lowest BCUT2D eigenvalue weighted by molar-refractivity contribution is -0.0127. The molecule has 2 aromatic rings. The largest absolute Gasteiger partial charge is 0.508 e. The minimum absolute atomic E-state index is 0.0814. The summed E-state index contributed by atoms with van der Waals surface area (Å²) in [6.07, 6.45) is -3.12. The Kier molecular flexibility index (Phi) is 8.55. The maximum atomic E-state index is 13.1. The summed E-state index contributed by atoms with van der Waals surface area (Å²) in [5.74, 6) is -1.02. The summed E-state index contributed by atoms with van der Waals surface area (Å²) in [5, 5.41) is 10.0. The lowest BCUT2D eigenvalue weighted by atomic mass is 9.89. The van der Waals surface area contributed by atoms with E-state index in [9.17, 15) is 23.5 Å². The molecule has 1 N–H and O–H groups in total. The number of esters is 2. The van der Waals surface area contributed by atoms with E-state index in [4.69, 9.17) is 14.2 Å². The number of carbonyl (C=O) groups excluding carboxylic acids is 2. The Bertz CT molecular complexity index is 1080. The zero-order valence-corrected chi connectivity index (χ0v) is 20.0. The van der Waals surface area contributed by atoms with Crippen molar-refractivity contribution >= 4 is 11.9 Å². The van der Waals surface area contributed by atoms with Crippen LogP contribution in [0.5, 0.6) is 11.5 Å². The number of aromatic hydroxyl groups is 1. The van der Waals surface area contributed by atoms with Gasteiger partial charge in [-0.1, -0.05) is 0 Å². The van der Waals surface area contributed by atoms with Gasteiger partial charge in [0.2, 0.25) is 6.43 Å². The Balaban J connectivity index is 2.61. The van der Waals surface area contributed by atoms with E-state index in [1.54, 1.807) is 41.5 Å². The number of methoxy groups -OCH3 is 1. The molecule has 180 valence electrons. The van der Waals surface area contributed by atoms with E-state index in [0.29, 0.717) is 44.5 Å². The van der Waals surface area contributed by atoms with E-state index in [0.717, 1.165) is 0 Å². The normalized spacial score (nSPS) is 11.1. The van der Waals surface area contributed by atoms with E-state index in [2.05, 4.69) is 0 Å². The molecule has 0 amide bonds. The molecule has 0 atom stereocenters. The van der Waals surface area contributed by atoms with Crippen LogP contribution in [-0.4, -0.2) is 37.4 Å². The summed E-state index contributed by atoms with van der Waals surface area (Å²) < 4.78 is 41.7. The van der Waals surface area contributed by atoms with Crippen molar-refractivity contribution in [2.24, 2.45) is 0 Å². The summed E-state index contributed by atoms with van der Waals surface area (Å²) >= 11 is 0. The highest BCUT2D eigenvalue weighted by molar-refractivity contribution is 5.97. The third kappa shape index (κ3) is 5.50. The molecular weight excluding hydrogens is 434 g/mol. The molecule has 0 aromatic heterocycles. The number of aryl methyl sites for hydroxylation is 1. The van der Waals surface area contributed by atoms with Gasteiger partial charge in [-0.15, -0.1) is 0 Å². The number of hydrogen-bond acceptors (Lipinski definition) is 6. The van der Waals surface area contributed by atoms with Crippen LogP contribution in [0.25, 0.3) is 0 Å². The molecule has 8 heteroatoms. The second kappa shape index (κ2) is 10.7. The molecule has 0 aliphatic carbocycles. The molecule has 0 aliphatic heterocycles. The Morgan fingerprint density at radius 3 is 2.09 bits per heavy atom. The van der Waals surface area contributed by atoms with Crippen molar-refractivity contribution in [3.63, 3.8) is 0 Å². The van der Waals surface area contributed by atoms with E-state index >= 15 is 0 Å². The van der Waals surface area contributed by atoms with Crippen molar-refractivity contribution in [3.8, 4) is 11.5 Å². The van der Waals surface area contributed by atoms with Crippen LogP contribution in [-0.2, 0) is 15.9 Å². The molecule has 0 heterocycles. The highest BCUT2D eigenvalue weighted by Gasteiger charge is 2.27. The lowest BCUT2D eigenvalue weighted by Gasteiger charge is -2.22. The number of phenolic OH excluding ortho intramolecular Hbond substituents is 1. The zero-order chi connectivity index (χ0) is 25.0. The number of rotatable bonds is 8. The van der Waals surface area contributed by atoms with Crippen LogP contribution in [0.1, 0.15) is 66.1 Å². The minimum atomic E-state index is -2.56. The summed E-state index contributed by atoms with van der Waals surface area (Å²) in [6, 6.07) is 1.49. The van der Waals surface area contributed by atoms with Gasteiger partial charge < -0.3 is 19.3 Å². The van der Waals surface area contributed by atoms with Crippen molar-refractivity contribution in [1.82, 2.24) is 0 Å². The highest BCUT2D eigenvalue weighted by Crippen LogP contribution is 2.36. The molecule has 6 nitrogen and oxygen atoms in total. The highest BCUT2D eigenvalue weighted by atomic mass is 19.3. The van der Waals surface area contributed by atoms with Crippen LogP contribution in [0, 0.1) is 41.5 Å². The molecule has 0 saturated carbocycles. The average molecular weight is 465 g/mol. The summed E-state index contributed by atoms with van der Waals surface area (Å²) in [5.41, 5.74) is 3.95. The van der Waals surface area contributed by atoms with Crippen LogP contribution in [0.3, 0.4) is 0 Å². The number of halogens is 2. The van der Waals surface area contributed by atoms with Crippen molar-refractivity contribution in [1.29, 1.82) is 0 Å². The fraction of sp³-hybridized carbons (Fsp3) is 0.440. The van der Waals surface area contributed by atoms with E-state index in [-0.39, 0.29) is 30.3 Å². The standard InChI is InChI=1S/C25H30F2O6/c1-12-10-19(28)13(2)14(3)21(12)25(30)33-23-16(5)15(4)22(24(29)32-11-31-7)18(17(23)6)8-9-20(26)27/h10,20,28H,8-9,11H2,1-7H3. The van der Waals surface area contributed by atoms with Crippen molar-refractivity contribution in [2.75, 3.05) is 13.9 Å². The molecule has 0 unspecified atom stereocenters. The Morgan fingerprint density at radius 2 is 1.52 bits per heavy atom. The number of hydrogen-bond donors (Lipinski definition) is 1. The molecule has 0 spiro atoms. The third-order valence-corrected chi connectivity index (χ3v) is 5.97. The summed E-state index contributed by atoms with van der Waals surface area (Å²) in [6.45, 7) is 9.80. The molecule has 33 heavy (non-hydrogen) atoms. The van der Waals surface area contributed by atoms with Gasteiger partial charge in [0.25, 0.3) is 0 Å². The number of benzene rings is 2. The minimum Gasteiger partial charge on any atom is -0.508 e. The molecular formula is C25H30F2O6. The van der Waals surface area contributed by atoms with Crippen molar-refractivity contribution in [3.05, 3.63) is 56.1 Å². The van der Waals surface area contributed by atoms with Gasteiger partial charge in [-0.25, -0.2) is 18.4 Å². The number of phenols is 1. The summed E-state index contributed by atoms with van der Waals surface area (Å²) in [7, 11) is 1.37. The Hall–Kier alpha value is -3.00. The molecule has 0 fully saturated rings. The predicted octanol–water partition coefficient (Wildman–Crippen LogP) is 5.42. The van der Waals surface area contributed by atoms with E-state index < -0.39 is 24.8 Å². The maximum absolute atomic E-state index is 13.1. The molecule has 2 aromatic carbocycles. The summed E-state index contributed by atoms with van der Waals surface area (Å²) in [4.78, 5) is 25.8. The van der Waals surface area contributed by atoms with Crippen molar-refractivity contribution < 1.29 is 37.7 Å². The average Bonchev–Trinajstić information content (AvgIpc) is 2.74. The van der Waals surface area contributed by atoms with Gasteiger partial charge in [0.1, 0.15) is 11.5 Å². The van der Waals surface area contributed by atoms with Crippen LogP contribution in [0.15, 0.2) is 6.07 Å². The first-order valence-electron chi connectivity index (χ1n) is 10.5.